The number of pyridine rings is 1. The van der Waals surface area contributed by atoms with Gasteiger partial charge in [-0.05, 0) is 44.2 Å². The second kappa shape index (κ2) is 5.56. The van der Waals surface area contributed by atoms with E-state index in [1.807, 2.05) is 18.2 Å². The molecule has 0 atom stereocenters. The Morgan fingerprint density at radius 3 is 2.83 bits per heavy atom. The lowest BCUT2D eigenvalue weighted by Crippen LogP contribution is -1.97. The number of rotatable bonds is 3. The molecule has 0 amide bonds. The zero-order valence-corrected chi connectivity index (χ0v) is 13.3. The average Bonchev–Trinajstić information content (AvgIpc) is 3.21. The van der Waals surface area contributed by atoms with E-state index in [-0.39, 0.29) is 11.5 Å². The fraction of sp³-hybridized carbons (Fsp3) is 0.167. The molecule has 0 aliphatic rings. The highest BCUT2D eigenvalue weighted by molar-refractivity contribution is 5.84. The van der Waals surface area contributed by atoms with Crippen molar-refractivity contribution in [1.29, 1.82) is 0 Å². The van der Waals surface area contributed by atoms with E-state index >= 15 is 0 Å². The van der Waals surface area contributed by atoms with Crippen LogP contribution in [-0.4, -0.2) is 19.7 Å². The van der Waals surface area contributed by atoms with E-state index in [4.69, 9.17) is 4.52 Å². The molecule has 0 unspecified atom stereocenters. The van der Waals surface area contributed by atoms with Crippen LogP contribution in [0.1, 0.15) is 19.9 Å². The van der Waals surface area contributed by atoms with Gasteiger partial charge in [-0.1, -0.05) is 5.16 Å². The van der Waals surface area contributed by atoms with Gasteiger partial charge in [0, 0.05) is 34.9 Å². The maximum atomic E-state index is 13.8. The van der Waals surface area contributed by atoms with Gasteiger partial charge in [-0.2, -0.15) is 4.98 Å². The van der Waals surface area contributed by atoms with Crippen molar-refractivity contribution >= 4 is 10.9 Å². The Bertz CT molecular complexity index is 1020. The van der Waals surface area contributed by atoms with Gasteiger partial charge in [0.05, 0.1) is 11.8 Å². The second-order valence-corrected chi connectivity index (χ2v) is 5.87. The van der Waals surface area contributed by atoms with Crippen LogP contribution in [0.2, 0.25) is 0 Å². The van der Waals surface area contributed by atoms with E-state index in [9.17, 15) is 4.39 Å². The topological polar surface area (TPSA) is 56.7 Å². The minimum Gasteiger partial charge on any atom is -0.345 e. The Balaban J connectivity index is 1.75. The first-order chi connectivity index (χ1) is 11.6. The summed E-state index contributed by atoms with van der Waals surface area (Å²) >= 11 is 0. The first-order valence-electron chi connectivity index (χ1n) is 7.68. The zero-order valence-electron chi connectivity index (χ0n) is 13.3. The molecule has 4 aromatic rings. The van der Waals surface area contributed by atoms with Crippen LogP contribution in [0.5, 0.6) is 0 Å². The third-order valence-electron chi connectivity index (χ3n) is 3.96. The fourth-order valence-electron chi connectivity index (χ4n) is 2.75. The zero-order chi connectivity index (χ0) is 16.7. The molecule has 0 N–H and O–H groups in total. The SMILES string of the molecule is CC(C)n1ccc2cc(-c3noc(-c4ccncc4F)n3)ccc21. The number of benzene rings is 1. The van der Waals surface area contributed by atoms with Crippen molar-refractivity contribution in [2.75, 3.05) is 0 Å². The molecule has 0 fully saturated rings. The monoisotopic (exact) mass is 322 g/mol. The van der Waals surface area contributed by atoms with Crippen molar-refractivity contribution in [1.82, 2.24) is 19.7 Å². The average molecular weight is 322 g/mol. The summed E-state index contributed by atoms with van der Waals surface area (Å²) in [6.45, 7) is 4.28. The molecule has 0 saturated heterocycles. The quantitative estimate of drug-likeness (QED) is 0.558. The lowest BCUT2D eigenvalue weighted by Gasteiger charge is -2.09. The molecule has 0 aliphatic heterocycles. The van der Waals surface area contributed by atoms with Gasteiger partial charge in [-0.3, -0.25) is 4.98 Å². The summed E-state index contributed by atoms with van der Waals surface area (Å²) in [5, 5.41) is 5.07. The molecule has 0 aliphatic carbocycles. The van der Waals surface area contributed by atoms with Crippen LogP contribution >= 0.6 is 0 Å². The van der Waals surface area contributed by atoms with E-state index in [0.29, 0.717) is 11.9 Å². The third kappa shape index (κ3) is 2.36. The van der Waals surface area contributed by atoms with Crippen molar-refractivity contribution < 1.29 is 8.91 Å². The number of halogens is 1. The molecule has 0 bridgehead atoms. The maximum absolute atomic E-state index is 13.8. The van der Waals surface area contributed by atoms with Crippen LogP contribution in [0.15, 0.2) is 53.4 Å². The highest BCUT2D eigenvalue weighted by atomic mass is 19.1. The highest BCUT2D eigenvalue weighted by Gasteiger charge is 2.15. The summed E-state index contributed by atoms with van der Waals surface area (Å²) in [6.07, 6.45) is 4.68. The predicted molar refractivity (Wildman–Crippen MR) is 88.8 cm³/mol. The molecular weight excluding hydrogens is 307 g/mol. The summed E-state index contributed by atoms with van der Waals surface area (Å²) in [7, 11) is 0. The van der Waals surface area contributed by atoms with Gasteiger partial charge in [0.1, 0.15) is 0 Å². The highest BCUT2D eigenvalue weighted by Crippen LogP contribution is 2.27. The van der Waals surface area contributed by atoms with Crippen LogP contribution in [0, 0.1) is 5.82 Å². The number of aromatic nitrogens is 4. The lowest BCUT2D eigenvalue weighted by molar-refractivity contribution is 0.429. The first-order valence-corrected chi connectivity index (χ1v) is 7.68. The number of fused-ring (bicyclic) bond motifs is 1. The molecule has 24 heavy (non-hydrogen) atoms. The Labute approximate surface area is 137 Å². The van der Waals surface area contributed by atoms with E-state index in [1.165, 1.54) is 12.3 Å². The Hall–Kier alpha value is -3.02. The van der Waals surface area contributed by atoms with Gasteiger partial charge in [0.25, 0.3) is 5.89 Å². The largest absolute Gasteiger partial charge is 0.345 e. The molecule has 3 aromatic heterocycles. The number of nitrogens with zero attached hydrogens (tertiary/aromatic N) is 4. The van der Waals surface area contributed by atoms with Crippen molar-refractivity contribution in [3.8, 4) is 22.8 Å². The lowest BCUT2D eigenvalue weighted by atomic mass is 10.1. The molecule has 1 aromatic carbocycles. The minimum absolute atomic E-state index is 0.143. The molecule has 0 spiro atoms. The van der Waals surface area contributed by atoms with Crippen molar-refractivity contribution in [2.24, 2.45) is 0 Å². The van der Waals surface area contributed by atoms with Crippen molar-refractivity contribution in [2.45, 2.75) is 19.9 Å². The van der Waals surface area contributed by atoms with Crippen molar-refractivity contribution in [3.05, 3.63) is 54.7 Å². The molecule has 0 radical (unpaired) electrons. The number of hydrogen-bond donors (Lipinski definition) is 0. The Morgan fingerprint density at radius 2 is 2.04 bits per heavy atom. The summed E-state index contributed by atoms with van der Waals surface area (Å²) in [4.78, 5) is 8.03. The van der Waals surface area contributed by atoms with Gasteiger partial charge < -0.3 is 9.09 Å². The standard InChI is InChI=1S/C18H15FN4O/c1-11(2)23-8-6-12-9-13(3-4-16(12)23)17-21-18(24-22-17)14-5-7-20-10-15(14)19/h3-11H,1-2H3. The number of hydrogen-bond acceptors (Lipinski definition) is 4. The fourth-order valence-corrected chi connectivity index (χ4v) is 2.75. The molecular formula is C18H15FN4O. The first kappa shape index (κ1) is 14.6. The summed E-state index contributed by atoms with van der Waals surface area (Å²) in [5.74, 6) is 0.0855. The van der Waals surface area contributed by atoms with Gasteiger partial charge in [0.15, 0.2) is 5.82 Å². The van der Waals surface area contributed by atoms with Gasteiger partial charge in [-0.25, -0.2) is 4.39 Å². The third-order valence-corrected chi connectivity index (χ3v) is 3.96. The predicted octanol–water partition coefficient (Wildman–Crippen LogP) is 4.47. The Morgan fingerprint density at radius 1 is 1.17 bits per heavy atom. The summed E-state index contributed by atoms with van der Waals surface area (Å²) in [6, 6.07) is 9.94. The molecule has 4 rings (SSSR count). The van der Waals surface area contributed by atoms with Gasteiger partial charge >= 0.3 is 0 Å². The van der Waals surface area contributed by atoms with E-state index in [0.717, 1.165) is 22.7 Å². The Kier molecular flexibility index (Phi) is 3.37. The van der Waals surface area contributed by atoms with Crippen LogP contribution in [0.3, 0.4) is 0 Å². The van der Waals surface area contributed by atoms with E-state index in [2.05, 4.69) is 45.8 Å². The molecule has 6 heteroatoms. The van der Waals surface area contributed by atoms with Crippen LogP contribution < -0.4 is 0 Å². The normalized spacial score (nSPS) is 11.5. The second-order valence-electron chi connectivity index (χ2n) is 5.87. The van der Waals surface area contributed by atoms with E-state index in [1.54, 1.807) is 0 Å². The molecule has 3 heterocycles. The van der Waals surface area contributed by atoms with Crippen molar-refractivity contribution in [3.63, 3.8) is 0 Å². The van der Waals surface area contributed by atoms with Crippen LogP contribution in [0.25, 0.3) is 33.7 Å². The minimum atomic E-state index is -0.489. The van der Waals surface area contributed by atoms with Crippen LogP contribution in [-0.2, 0) is 0 Å². The van der Waals surface area contributed by atoms with Gasteiger partial charge in [-0.15, -0.1) is 0 Å². The van der Waals surface area contributed by atoms with Crippen LogP contribution in [0.4, 0.5) is 4.39 Å². The molecule has 0 saturated carbocycles. The summed E-state index contributed by atoms with van der Waals surface area (Å²) < 4.78 is 21.2. The van der Waals surface area contributed by atoms with E-state index < -0.39 is 5.82 Å². The smallest absolute Gasteiger partial charge is 0.261 e. The van der Waals surface area contributed by atoms with Gasteiger partial charge in [0.2, 0.25) is 5.82 Å². The molecule has 5 nitrogen and oxygen atoms in total. The molecule has 120 valence electrons. The maximum Gasteiger partial charge on any atom is 0.261 e. The summed E-state index contributed by atoms with van der Waals surface area (Å²) in [5.41, 5.74) is 2.22.